The molecule has 88 valence electrons. The van der Waals surface area contributed by atoms with Gasteiger partial charge in [-0.1, -0.05) is 0 Å². The second-order valence-corrected chi connectivity index (χ2v) is 5.48. The zero-order valence-electron chi connectivity index (χ0n) is 9.79. The summed E-state index contributed by atoms with van der Waals surface area (Å²) in [6.45, 7) is 2.10. The Kier molecular flexibility index (Phi) is 6.10. The fraction of sp³-hybridized carbons (Fsp3) is 0.909. The number of carbonyl (C=O) groups is 1. The molecule has 0 radical (unpaired) electrons. The molecule has 0 bridgehead atoms. The SMILES string of the molecule is CN(C)C(=O)CCCNCC1CCSC1. The molecule has 1 aliphatic rings. The lowest BCUT2D eigenvalue weighted by Crippen LogP contribution is -2.26. The number of rotatable bonds is 6. The number of carbonyl (C=O) groups excluding carboxylic acids is 1. The molecular weight excluding hydrogens is 208 g/mol. The Morgan fingerprint density at radius 1 is 1.53 bits per heavy atom. The monoisotopic (exact) mass is 230 g/mol. The van der Waals surface area contributed by atoms with Crippen LogP contribution in [0.1, 0.15) is 19.3 Å². The second-order valence-electron chi connectivity index (χ2n) is 4.33. The van der Waals surface area contributed by atoms with Crippen molar-refractivity contribution in [3.63, 3.8) is 0 Å². The van der Waals surface area contributed by atoms with Crippen LogP contribution in [0.3, 0.4) is 0 Å². The highest BCUT2D eigenvalue weighted by molar-refractivity contribution is 7.99. The van der Waals surface area contributed by atoms with Gasteiger partial charge in [-0.3, -0.25) is 4.79 Å². The zero-order valence-corrected chi connectivity index (χ0v) is 10.6. The van der Waals surface area contributed by atoms with Gasteiger partial charge in [0.2, 0.25) is 5.91 Å². The Bertz CT molecular complexity index is 191. The van der Waals surface area contributed by atoms with Gasteiger partial charge in [-0.05, 0) is 43.4 Å². The van der Waals surface area contributed by atoms with E-state index in [4.69, 9.17) is 0 Å². The summed E-state index contributed by atoms with van der Waals surface area (Å²) >= 11 is 2.05. The van der Waals surface area contributed by atoms with E-state index in [-0.39, 0.29) is 5.91 Å². The molecule has 1 heterocycles. The first kappa shape index (κ1) is 12.8. The van der Waals surface area contributed by atoms with Crippen molar-refractivity contribution < 1.29 is 4.79 Å². The Labute approximate surface area is 97.0 Å². The summed E-state index contributed by atoms with van der Waals surface area (Å²) in [6, 6.07) is 0. The quantitative estimate of drug-likeness (QED) is 0.696. The molecule has 0 aliphatic carbocycles. The van der Waals surface area contributed by atoms with Crippen LogP contribution in [0.25, 0.3) is 0 Å². The van der Waals surface area contributed by atoms with Crippen molar-refractivity contribution in [3.8, 4) is 0 Å². The lowest BCUT2D eigenvalue weighted by Gasteiger charge is -2.11. The first-order valence-electron chi connectivity index (χ1n) is 5.68. The van der Waals surface area contributed by atoms with Crippen LogP contribution in [-0.4, -0.2) is 49.5 Å². The molecule has 0 aromatic heterocycles. The van der Waals surface area contributed by atoms with E-state index < -0.39 is 0 Å². The van der Waals surface area contributed by atoms with Crippen LogP contribution in [0.4, 0.5) is 0 Å². The molecule has 1 rings (SSSR count). The van der Waals surface area contributed by atoms with Crippen molar-refractivity contribution in [1.82, 2.24) is 10.2 Å². The lowest BCUT2D eigenvalue weighted by atomic mass is 10.1. The Morgan fingerprint density at radius 3 is 2.93 bits per heavy atom. The molecule has 1 fully saturated rings. The summed E-state index contributed by atoms with van der Waals surface area (Å²) in [4.78, 5) is 12.9. The van der Waals surface area contributed by atoms with Crippen molar-refractivity contribution >= 4 is 17.7 Å². The fourth-order valence-corrected chi connectivity index (χ4v) is 2.92. The van der Waals surface area contributed by atoms with Crippen LogP contribution >= 0.6 is 11.8 Å². The Balaban J connectivity index is 1.90. The van der Waals surface area contributed by atoms with E-state index in [1.165, 1.54) is 17.9 Å². The van der Waals surface area contributed by atoms with Gasteiger partial charge in [-0.25, -0.2) is 0 Å². The summed E-state index contributed by atoms with van der Waals surface area (Å²) in [5, 5.41) is 3.44. The van der Waals surface area contributed by atoms with E-state index in [0.29, 0.717) is 6.42 Å². The van der Waals surface area contributed by atoms with Crippen molar-refractivity contribution in [2.75, 3.05) is 38.7 Å². The van der Waals surface area contributed by atoms with Gasteiger partial charge in [0, 0.05) is 20.5 Å². The largest absolute Gasteiger partial charge is 0.349 e. The molecule has 4 heteroatoms. The minimum absolute atomic E-state index is 0.230. The van der Waals surface area contributed by atoms with E-state index in [2.05, 4.69) is 17.1 Å². The van der Waals surface area contributed by atoms with Crippen LogP contribution < -0.4 is 5.32 Å². The van der Waals surface area contributed by atoms with Crippen LogP contribution in [0.5, 0.6) is 0 Å². The minimum Gasteiger partial charge on any atom is -0.349 e. The molecule has 1 aliphatic heterocycles. The van der Waals surface area contributed by atoms with Gasteiger partial charge in [0.1, 0.15) is 0 Å². The molecule has 15 heavy (non-hydrogen) atoms. The zero-order chi connectivity index (χ0) is 11.1. The maximum absolute atomic E-state index is 11.3. The van der Waals surface area contributed by atoms with E-state index >= 15 is 0 Å². The first-order chi connectivity index (χ1) is 7.20. The first-order valence-corrected chi connectivity index (χ1v) is 6.84. The maximum Gasteiger partial charge on any atom is 0.222 e. The van der Waals surface area contributed by atoms with Gasteiger partial charge < -0.3 is 10.2 Å². The van der Waals surface area contributed by atoms with Gasteiger partial charge in [-0.2, -0.15) is 11.8 Å². The number of hydrogen-bond donors (Lipinski definition) is 1. The highest BCUT2D eigenvalue weighted by Gasteiger charge is 2.14. The molecule has 0 saturated carbocycles. The average molecular weight is 230 g/mol. The predicted molar refractivity (Wildman–Crippen MR) is 66.2 cm³/mol. The molecule has 3 nitrogen and oxygen atoms in total. The predicted octanol–water partition coefficient (Wildman–Crippen LogP) is 1.20. The second kappa shape index (κ2) is 7.12. The van der Waals surface area contributed by atoms with E-state index in [0.717, 1.165) is 25.4 Å². The third-order valence-corrected chi connectivity index (χ3v) is 3.93. The Hall–Kier alpha value is -0.220. The highest BCUT2D eigenvalue weighted by atomic mass is 32.2. The van der Waals surface area contributed by atoms with Gasteiger partial charge in [-0.15, -0.1) is 0 Å². The van der Waals surface area contributed by atoms with Gasteiger partial charge in [0.15, 0.2) is 0 Å². The van der Waals surface area contributed by atoms with E-state index in [1.807, 2.05) is 14.1 Å². The van der Waals surface area contributed by atoms with Crippen molar-refractivity contribution in [1.29, 1.82) is 0 Å². The Morgan fingerprint density at radius 2 is 2.33 bits per heavy atom. The fourth-order valence-electron chi connectivity index (χ4n) is 1.64. The molecule has 1 atom stereocenters. The third kappa shape index (κ3) is 5.42. The maximum atomic E-state index is 11.3. The topological polar surface area (TPSA) is 32.3 Å². The van der Waals surface area contributed by atoms with Crippen LogP contribution in [0, 0.1) is 5.92 Å². The third-order valence-electron chi connectivity index (χ3n) is 2.70. The number of nitrogens with zero attached hydrogens (tertiary/aromatic N) is 1. The van der Waals surface area contributed by atoms with Gasteiger partial charge >= 0.3 is 0 Å². The van der Waals surface area contributed by atoms with Gasteiger partial charge in [0.05, 0.1) is 0 Å². The van der Waals surface area contributed by atoms with E-state index in [1.54, 1.807) is 4.90 Å². The summed E-state index contributed by atoms with van der Waals surface area (Å²) in [5.74, 6) is 3.72. The van der Waals surface area contributed by atoms with Crippen LogP contribution in [-0.2, 0) is 4.79 Å². The number of amides is 1. The summed E-state index contributed by atoms with van der Waals surface area (Å²) in [7, 11) is 3.62. The number of hydrogen-bond acceptors (Lipinski definition) is 3. The molecule has 0 aromatic carbocycles. The van der Waals surface area contributed by atoms with Crippen molar-refractivity contribution in [2.24, 2.45) is 5.92 Å². The lowest BCUT2D eigenvalue weighted by molar-refractivity contribution is -0.128. The molecule has 1 N–H and O–H groups in total. The van der Waals surface area contributed by atoms with Crippen LogP contribution in [0.15, 0.2) is 0 Å². The molecule has 1 unspecified atom stereocenters. The molecular formula is C11H22N2OS. The van der Waals surface area contributed by atoms with Crippen molar-refractivity contribution in [2.45, 2.75) is 19.3 Å². The normalized spacial score (nSPS) is 20.5. The summed E-state index contributed by atoms with van der Waals surface area (Å²) in [6.07, 6.45) is 2.98. The summed E-state index contributed by atoms with van der Waals surface area (Å²) in [5.41, 5.74) is 0. The smallest absolute Gasteiger partial charge is 0.222 e. The molecule has 1 amide bonds. The number of thioether (sulfide) groups is 1. The molecule has 1 saturated heterocycles. The average Bonchev–Trinajstić information content (AvgIpc) is 2.69. The standard InChI is InChI=1S/C11H22N2OS/c1-13(2)11(14)4-3-6-12-8-10-5-7-15-9-10/h10,12H,3-9H2,1-2H3. The highest BCUT2D eigenvalue weighted by Crippen LogP contribution is 2.22. The molecule has 0 spiro atoms. The molecule has 0 aromatic rings. The van der Waals surface area contributed by atoms with Gasteiger partial charge in [0.25, 0.3) is 0 Å². The van der Waals surface area contributed by atoms with E-state index in [9.17, 15) is 4.79 Å². The van der Waals surface area contributed by atoms with Crippen LogP contribution in [0.2, 0.25) is 0 Å². The van der Waals surface area contributed by atoms with Crippen molar-refractivity contribution in [3.05, 3.63) is 0 Å². The minimum atomic E-state index is 0.230. The number of nitrogens with one attached hydrogen (secondary N) is 1. The summed E-state index contributed by atoms with van der Waals surface area (Å²) < 4.78 is 0.